The molecular formula is C22H35N7O4. The number of carbonyl (C=O) groups is 3. The van der Waals surface area contributed by atoms with Gasteiger partial charge in [0, 0.05) is 37.2 Å². The number of aromatic nitrogens is 3. The van der Waals surface area contributed by atoms with Gasteiger partial charge in [-0.2, -0.15) is 0 Å². The quantitative estimate of drug-likeness (QED) is 0.497. The van der Waals surface area contributed by atoms with Crippen molar-refractivity contribution in [3.8, 4) is 0 Å². The van der Waals surface area contributed by atoms with Gasteiger partial charge in [-0.25, -0.2) is 4.68 Å². The van der Waals surface area contributed by atoms with Crippen molar-refractivity contribution < 1.29 is 19.5 Å². The van der Waals surface area contributed by atoms with Gasteiger partial charge in [0.25, 0.3) is 0 Å². The van der Waals surface area contributed by atoms with Crippen LogP contribution in [-0.2, 0) is 19.8 Å². The van der Waals surface area contributed by atoms with E-state index in [9.17, 15) is 19.5 Å². The highest BCUT2D eigenvalue weighted by Crippen LogP contribution is 2.31. The molecule has 2 bridgehead atoms. The molecule has 4 rings (SSSR count). The molecule has 3 fully saturated rings. The first kappa shape index (κ1) is 23.6. The zero-order valence-electron chi connectivity index (χ0n) is 20.0. The average Bonchev–Trinajstić information content (AvgIpc) is 3.43. The number of rotatable bonds is 1. The zero-order valence-corrected chi connectivity index (χ0v) is 20.0. The third-order valence-electron chi connectivity index (χ3n) is 7.06. The number of hydrogen-bond donors (Lipinski definition) is 3. The van der Waals surface area contributed by atoms with Crippen LogP contribution in [-0.4, -0.2) is 98.0 Å². The van der Waals surface area contributed by atoms with Crippen LogP contribution in [0, 0.1) is 0 Å². The summed E-state index contributed by atoms with van der Waals surface area (Å²) in [5, 5.41) is 24.8. The van der Waals surface area contributed by atoms with Crippen molar-refractivity contribution in [1.29, 1.82) is 0 Å². The molecule has 11 nitrogen and oxygen atoms in total. The Bertz CT molecular complexity index is 926. The highest BCUT2D eigenvalue weighted by atomic mass is 16.3. The van der Waals surface area contributed by atoms with Crippen LogP contribution < -0.4 is 10.6 Å². The smallest absolute Gasteiger partial charge is 0.243 e. The summed E-state index contributed by atoms with van der Waals surface area (Å²) in [4.78, 5) is 42.8. The maximum atomic E-state index is 13.6. The van der Waals surface area contributed by atoms with E-state index < -0.39 is 24.2 Å². The second kappa shape index (κ2) is 8.68. The lowest BCUT2D eigenvalue weighted by Gasteiger charge is -2.30. The number of aliphatic hydroxyl groups excluding tert-OH is 1. The van der Waals surface area contributed by atoms with Crippen molar-refractivity contribution in [3.63, 3.8) is 0 Å². The molecule has 0 aliphatic carbocycles. The number of amides is 3. The van der Waals surface area contributed by atoms with E-state index >= 15 is 0 Å². The number of nitrogens with zero attached hydrogens (tertiary/aromatic N) is 5. The molecule has 182 valence electrons. The molecule has 0 spiro atoms. The molecule has 3 aliphatic rings. The molecule has 0 radical (unpaired) electrons. The summed E-state index contributed by atoms with van der Waals surface area (Å²) in [6.45, 7) is 8.74. The van der Waals surface area contributed by atoms with Gasteiger partial charge < -0.3 is 20.6 Å². The van der Waals surface area contributed by atoms with E-state index in [1.54, 1.807) is 16.5 Å². The molecule has 0 aromatic carbocycles. The number of nitrogens with one attached hydrogen (secondary N) is 2. The maximum absolute atomic E-state index is 13.6. The van der Waals surface area contributed by atoms with E-state index in [2.05, 4.69) is 41.7 Å². The van der Waals surface area contributed by atoms with Crippen molar-refractivity contribution in [2.75, 3.05) is 20.1 Å². The lowest BCUT2D eigenvalue weighted by Crippen LogP contribution is -2.54. The van der Waals surface area contributed by atoms with Crippen LogP contribution in [0.2, 0.25) is 0 Å². The topological polar surface area (TPSA) is 133 Å². The van der Waals surface area contributed by atoms with Gasteiger partial charge in [-0.05, 0) is 20.4 Å². The lowest BCUT2D eigenvalue weighted by atomic mass is 9.93. The number of aliphatic hydroxyl groups is 1. The molecule has 6 atom stereocenters. The molecule has 3 aliphatic heterocycles. The Morgan fingerprint density at radius 2 is 1.82 bits per heavy atom. The van der Waals surface area contributed by atoms with Crippen molar-refractivity contribution in [2.45, 2.75) is 88.7 Å². The second-order valence-electron chi connectivity index (χ2n) is 10.8. The molecule has 3 saturated heterocycles. The first-order chi connectivity index (χ1) is 15.4. The summed E-state index contributed by atoms with van der Waals surface area (Å²) < 4.78 is 1.76. The highest BCUT2D eigenvalue weighted by molar-refractivity contribution is 5.91. The fraction of sp³-hybridized carbons (Fsp3) is 0.773. The number of fused-ring (bicyclic) bond motifs is 3. The summed E-state index contributed by atoms with van der Waals surface area (Å²) in [7, 11) is 1.85. The number of carbonyl (C=O) groups excluding carboxylic acids is 3. The third kappa shape index (κ3) is 4.74. The summed E-state index contributed by atoms with van der Waals surface area (Å²) >= 11 is 0. The SMILES string of the molecule is C[C@@H]1NC(=O)[C@@H]2C[C@H](n3cc(C(C)(C)C)nn3)CN2C(=O)[C@@H]2C[C@H](CN2C)NC(=O)C[C@@H]1O. The summed E-state index contributed by atoms with van der Waals surface area (Å²) in [6.07, 6.45) is 1.65. The Hall–Kier alpha value is -2.53. The Kier molecular flexibility index (Phi) is 6.21. The molecule has 0 unspecified atom stereocenters. The van der Waals surface area contributed by atoms with Crippen LogP contribution in [0.5, 0.6) is 0 Å². The third-order valence-corrected chi connectivity index (χ3v) is 7.06. The predicted octanol–water partition coefficient (Wildman–Crippen LogP) is -0.824. The van der Waals surface area contributed by atoms with Crippen molar-refractivity contribution in [1.82, 2.24) is 35.4 Å². The Morgan fingerprint density at radius 1 is 1.09 bits per heavy atom. The van der Waals surface area contributed by atoms with Crippen molar-refractivity contribution in [2.24, 2.45) is 0 Å². The molecule has 1 aromatic rings. The predicted molar refractivity (Wildman–Crippen MR) is 119 cm³/mol. The van der Waals surface area contributed by atoms with Crippen LogP contribution in [0.25, 0.3) is 0 Å². The largest absolute Gasteiger partial charge is 0.390 e. The van der Waals surface area contributed by atoms with Crippen molar-refractivity contribution >= 4 is 17.7 Å². The van der Waals surface area contributed by atoms with E-state index in [-0.39, 0.29) is 41.6 Å². The van der Waals surface area contributed by atoms with Crippen molar-refractivity contribution in [3.05, 3.63) is 11.9 Å². The van der Waals surface area contributed by atoms with Crippen LogP contribution >= 0.6 is 0 Å². The minimum Gasteiger partial charge on any atom is -0.390 e. The fourth-order valence-electron chi connectivity index (χ4n) is 4.95. The molecule has 11 heteroatoms. The zero-order chi connectivity index (χ0) is 24.1. The van der Waals surface area contributed by atoms with Gasteiger partial charge in [0.05, 0.1) is 36.3 Å². The van der Waals surface area contributed by atoms with Crippen LogP contribution in [0.1, 0.15) is 58.7 Å². The molecule has 3 N–H and O–H groups in total. The molecule has 1 aromatic heterocycles. The van der Waals surface area contributed by atoms with Crippen LogP contribution in [0.3, 0.4) is 0 Å². The summed E-state index contributed by atoms with van der Waals surface area (Å²) in [5.74, 6) is -0.735. The summed E-state index contributed by atoms with van der Waals surface area (Å²) in [5.41, 5.74) is 0.690. The van der Waals surface area contributed by atoms with E-state index in [1.165, 1.54) is 0 Å². The second-order valence-corrected chi connectivity index (χ2v) is 10.8. The van der Waals surface area contributed by atoms with Crippen LogP contribution in [0.15, 0.2) is 6.20 Å². The van der Waals surface area contributed by atoms with Gasteiger partial charge in [-0.15, -0.1) is 5.10 Å². The molecule has 0 saturated carbocycles. The minimum atomic E-state index is -1.02. The molecule has 4 heterocycles. The molecule has 33 heavy (non-hydrogen) atoms. The van der Waals surface area contributed by atoms with E-state index in [1.807, 2.05) is 18.1 Å². The van der Waals surface area contributed by atoms with Crippen LogP contribution in [0.4, 0.5) is 0 Å². The van der Waals surface area contributed by atoms with E-state index in [0.717, 1.165) is 5.69 Å². The van der Waals surface area contributed by atoms with Gasteiger partial charge in [0.2, 0.25) is 17.7 Å². The molecule has 3 amide bonds. The van der Waals surface area contributed by atoms with Gasteiger partial charge in [-0.3, -0.25) is 19.3 Å². The monoisotopic (exact) mass is 461 g/mol. The number of hydrogen-bond acceptors (Lipinski definition) is 7. The Labute approximate surface area is 193 Å². The van der Waals surface area contributed by atoms with E-state index in [0.29, 0.717) is 25.9 Å². The minimum absolute atomic E-state index is 0.105. The first-order valence-electron chi connectivity index (χ1n) is 11.6. The molecular weight excluding hydrogens is 426 g/mol. The number of likely N-dealkylation sites (tertiary alicyclic amines) is 1. The first-order valence-corrected chi connectivity index (χ1v) is 11.6. The fourth-order valence-corrected chi connectivity index (χ4v) is 4.95. The maximum Gasteiger partial charge on any atom is 0.243 e. The van der Waals surface area contributed by atoms with E-state index in [4.69, 9.17) is 0 Å². The Balaban J connectivity index is 1.63. The number of likely N-dealkylation sites (N-methyl/N-ethyl adjacent to an activating group) is 1. The van der Waals surface area contributed by atoms with Gasteiger partial charge in [-0.1, -0.05) is 26.0 Å². The summed E-state index contributed by atoms with van der Waals surface area (Å²) in [6, 6.07) is -2.09. The highest BCUT2D eigenvalue weighted by Gasteiger charge is 2.46. The van der Waals surface area contributed by atoms with Gasteiger partial charge in [0.1, 0.15) is 6.04 Å². The van der Waals surface area contributed by atoms with Gasteiger partial charge in [0.15, 0.2) is 0 Å². The standard InChI is InChI=1S/C22H35N7O4/c1-12-17(30)8-19(31)24-13-6-16(27(5)9-13)21(33)28-10-14(7-15(28)20(32)23-12)29-11-18(25-26-29)22(2,3)4/h11-17,30H,6-10H2,1-5H3,(H,23,32)(H,24,31)/t12-,13+,14-,15-,16-,17-/m0/s1. The Morgan fingerprint density at radius 3 is 2.48 bits per heavy atom. The lowest BCUT2D eigenvalue weighted by molar-refractivity contribution is -0.142. The normalized spacial score (nSPS) is 34.2. The van der Waals surface area contributed by atoms with Gasteiger partial charge >= 0.3 is 0 Å². The average molecular weight is 462 g/mol.